The third-order valence-electron chi connectivity index (χ3n) is 3.21. The molecular formula is C10H16O2. The highest BCUT2D eigenvalue weighted by molar-refractivity contribution is 5.89. The van der Waals surface area contributed by atoms with Gasteiger partial charge < -0.3 is 4.74 Å². The molecule has 0 amide bonds. The van der Waals surface area contributed by atoms with Crippen molar-refractivity contribution in [3.8, 4) is 0 Å². The second kappa shape index (κ2) is 2.84. The Balaban J connectivity index is 1.98. The van der Waals surface area contributed by atoms with E-state index in [1.165, 1.54) is 6.42 Å². The molecule has 2 nitrogen and oxygen atoms in total. The third kappa shape index (κ3) is 1.09. The second-order valence-corrected chi connectivity index (χ2v) is 3.93. The van der Waals surface area contributed by atoms with Crippen molar-refractivity contribution in [1.82, 2.24) is 0 Å². The maximum atomic E-state index is 11.6. The van der Waals surface area contributed by atoms with Crippen LogP contribution in [0.4, 0.5) is 0 Å². The van der Waals surface area contributed by atoms with E-state index in [9.17, 15) is 4.79 Å². The Kier molecular flexibility index (Phi) is 1.95. The molecule has 2 saturated carbocycles. The van der Waals surface area contributed by atoms with Crippen molar-refractivity contribution < 1.29 is 9.53 Å². The molecule has 0 radical (unpaired) electrons. The van der Waals surface area contributed by atoms with Crippen molar-refractivity contribution in [2.24, 2.45) is 5.41 Å². The van der Waals surface area contributed by atoms with Crippen LogP contribution in [0.3, 0.4) is 0 Å². The first-order chi connectivity index (χ1) is 5.79. The molecule has 0 aliphatic heterocycles. The number of ketones is 1. The Bertz CT molecular complexity index is 200. The van der Waals surface area contributed by atoms with Gasteiger partial charge in [0, 0.05) is 13.0 Å². The first kappa shape index (κ1) is 8.24. The maximum absolute atomic E-state index is 11.6. The summed E-state index contributed by atoms with van der Waals surface area (Å²) in [6.07, 6.45) is 5.46. The highest BCUT2D eigenvalue weighted by atomic mass is 16.5. The summed E-state index contributed by atoms with van der Waals surface area (Å²) in [6.45, 7) is 2.75. The van der Waals surface area contributed by atoms with E-state index >= 15 is 0 Å². The lowest BCUT2D eigenvalue weighted by Gasteiger charge is -2.20. The van der Waals surface area contributed by atoms with Crippen LogP contribution in [-0.4, -0.2) is 18.5 Å². The molecule has 2 aliphatic carbocycles. The molecule has 0 bridgehead atoms. The molecule has 0 aromatic rings. The van der Waals surface area contributed by atoms with Crippen molar-refractivity contribution >= 4 is 5.78 Å². The molecule has 0 aromatic carbocycles. The van der Waals surface area contributed by atoms with E-state index < -0.39 is 0 Å². The van der Waals surface area contributed by atoms with E-state index in [0.29, 0.717) is 5.78 Å². The van der Waals surface area contributed by atoms with Crippen LogP contribution in [0, 0.1) is 5.41 Å². The van der Waals surface area contributed by atoms with Crippen LogP contribution in [0.5, 0.6) is 0 Å². The summed E-state index contributed by atoms with van der Waals surface area (Å²) in [6, 6.07) is 0. The number of hydrogen-bond acceptors (Lipinski definition) is 2. The van der Waals surface area contributed by atoms with Crippen molar-refractivity contribution in [1.29, 1.82) is 0 Å². The van der Waals surface area contributed by atoms with Gasteiger partial charge in [0.2, 0.25) is 0 Å². The van der Waals surface area contributed by atoms with Gasteiger partial charge in [0.05, 0.1) is 11.5 Å². The average molecular weight is 168 g/mol. The first-order valence-electron chi connectivity index (χ1n) is 4.94. The molecule has 0 aromatic heterocycles. The number of Topliss-reactive ketones (excluding diaryl/α,β-unsaturated/α-hetero) is 1. The van der Waals surface area contributed by atoms with Crippen LogP contribution in [0.2, 0.25) is 0 Å². The van der Waals surface area contributed by atoms with Crippen LogP contribution in [-0.2, 0) is 9.53 Å². The first-order valence-corrected chi connectivity index (χ1v) is 4.94. The van der Waals surface area contributed by atoms with Crippen LogP contribution >= 0.6 is 0 Å². The lowest BCUT2D eigenvalue weighted by Crippen LogP contribution is -2.24. The van der Waals surface area contributed by atoms with Crippen LogP contribution < -0.4 is 0 Å². The minimum absolute atomic E-state index is 0.00569. The quantitative estimate of drug-likeness (QED) is 0.629. The highest BCUT2D eigenvalue weighted by Crippen LogP contribution is 2.55. The van der Waals surface area contributed by atoms with Gasteiger partial charge in [-0.3, -0.25) is 4.79 Å². The molecule has 12 heavy (non-hydrogen) atoms. The maximum Gasteiger partial charge on any atom is 0.141 e. The molecule has 0 N–H and O–H groups in total. The summed E-state index contributed by atoms with van der Waals surface area (Å²) in [5, 5.41) is 0. The zero-order valence-electron chi connectivity index (χ0n) is 7.64. The van der Waals surface area contributed by atoms with Gasteiger partial charge >= 0.3 is 0 Å². The molecule has 2 fully saturated rings. The Labute approximate surface area is 73.3 Å². The molecule has 2 atom stereocenters. The summed E-state index contributed by atoms with van der Waals surface area (Å²) < 4.78 is 5.50. The molecular weight excluding hydrogens is 152 g/mol. The minimum Gasteiger partial charge on any atom is -0.377 e. The predicted octanol–water partition coefficient (Wildman–Crippen LogP) is 1.92. The lowest BCUT2D eigenvalue weighted by molar-refractivity contribution is -0.127. The van der Waals surface area contributed by atoms with Crippen molar-refractivity contribution in [3.63, 3.8) is 0 Å². The van der Waals surface area contributed by atoms with Gasteiger partial charge in [-0.15, -0.1) is 0 Å². The molecule has 2 unspecified atom stereocenters. The van der Waals surface area contributed by atoms with Gasteiger partial charge in [-0.25, -0.2) is 0 Å². The fourth-order valence-electron chi connectivity index (χ4n) is 2.36. The number of hydrogen-bond donors (Lipinski definition) is 0. The second-order valence-electron chi connectivity index (χ2n) is 3.93. The van der Waals surface area contributed by atoms with E-state index in [0.717, 1.165) is 32.3 Å². The molecule has 2 aliphatic rings. The van der Waals surface area contributed by atoms with Crippen molar-refractivity contribution in [3.05, 3.63) is 0 Å². The van der Waals surface area contributed by atoms with Crippen LogP contribution in [0.1, 0.15) is 39.0 Å². The molecule has 68 valence electrons. The lowest BCUT2D eigenvalue weighted by atomic mass is 9.85. The van der Waals surface area contributed by atoms with E-state index in [-0.39, 0.29) is 11.5 Å². The molecule has 2 heteroatoms. The number of ether oxygens (including phenoxy) is 1. The van der Waals surface area contributed by atoms with Crippen molar-refractivity contribution in [2.45, 2.75) is 45.1 Å². The van der Waals surface area contributed by atoms with Crippen LogP contribution in [0.15, 0.2) is 0 Å². The molecule has 2 rings (SSSR count). The van der Waals surface area contributed by atoms with E-state index in [2.05, 4.69) is 0 Å². The Morgan fingerprint density at radius 1 is 1.58 bits per heavy atom. The summed E-state index contributed by atoms with van der Waals surface area (Å²) in [5.74, 6) is 0.465. The van der Waals surface area contributed by atoms with E-state index in [1.54, 1.807) is 0 Å². The monoisotopic (exact) mass is 168 g/mol. The summed E-state index contributed by atoms with van der Waals surface area (Å²) in [5.41, 5.74) is -0.00569. The zero-order valence-corrected chi connectivity index (χ0v) is 7.64. The Morgan fingerprint density at radius 3 is 3.08 bits per heavy atom. The fourth-order valence-corrected chi connectivity index (χ4v) is 2.36. The average Bonchev–Trinajstić information content (AvgIpc) is 2.73. The highest BCUT2D eigenvalue weighted by Gasteiger charge is 2.60. The van der Waals surface area contributed by atoms with Crippen LogP contribution in [0.25, 0.3) is 0 Å². The van der Waals surface area contributed by atoms with E-state index in [4.69, 9.17) is 4.74 Å². The predicted molar refractivity (Wildman–Crippen MR) is 45.9 cm³/mol. The third-order valence-corrected chi connectivity index (χ3v) is 3.21. The normalized spacial score (nSPS) is 40.4. The minimum atomic E-state index is -0.00569. The standard InChI is InChI=1S/C10H16O2/c1-2-12-9-7-10(9)6-4-3-5-8(10)11/h9H,2-7H2,1H3. The van der Waals surface area contributed by atoms with Crippen molar-refractivity contribution in [2.75, 3.05) is 6.61 Å². The number of rotatable bonds is 2. The van der Waals surface area contributed by atoms with E-state index in [1.807, 2.05) is 6.92 Å². The largest absolute Gasteiger partial charge is 0.377 e. The number of carbonyl (C=O) groups excluding carboxylic acids is 1. The smallest absolute Gasteiger partial charge is 0.141 e. The Hall–Kier alpha value is -0.370. The fraction of sp³-hybridized carbons (Fsp3) is 0.900. The molecule has 0 saturated heterocycles. The topological polar surface area (TPSA) is 26.3 Å². The van der Waals surface area contributed by atoms with Gasteiger partial charge in [-0.05, 0) is 26.2 Å². The van der Waals surface area contributed by atoms with Gasteiger partial charge in [0.25, 0.3) is 0 Å². The zero-order chi connectivity index (χ0) is 8.60. The Morgan fingerprint density at radius 2 is 2.42 bits per heavy atom. The SMILES string of the molecule is CCOC1CC12CCCCC2=O. The summed E-state index contributed by atoms with van der Waals surface area (Å²) in [7, 11) is 0. The summed E-state index contributed by atoms with van der Waals surface area (Å²) in [4.78, 5) is 11.6. The number of carbonyl (C=O) groups is 1. The van der Waals surface area contributed by atoms with Gasteiger partial charge in [-0.2, -0.15) is 0 Å². The molecule has 0 heterocycles. The summed E-state index contributed by atoms with van der Waals surface area (Å²) >= 11 is 0. The van der Waals surface area contributed by atoms with Gasteiger partial charge in [0.1, 0.15) is 5.78 Å². The van der Waals surface area contributed by atoms with Gasteiger partial charge in [-0.1, -0.05) is 6.42 Å². The van der Waals surface area contributed by atoms with Gasteiger partial charge in [0.15, 0.2) is 0 Å². The molecule has 1 spiro atoms.